The van der Waals surface area contributed by atoms with E-state index in [0.29, 0.717) is 6.04 Å². The summed E-state index contributed by atoms with van der Waals surface area (Å²) in [5.74, 6) is 0.287. The summed E-state index contributed by atoms with van der Waals surface area (Å²) >= 11 is 0. The summed E-state index contributed by atoms with van der Waals surface area (Å²) < 4.78 is 0. The molecule has 1 saturated heterocycles. The van der Waals surface area contributed by atoms with Gasteiger partial charge in [0.2, 0.25) is 5.91 Å². The Labute approximate surface area is 106 Å². The molecule has 0 aromatic rings. The van der Waals surface area contributed by atoms with E-state index >= 15 is 0 Å². The second-order valence-corrected chi connectivity index (χ2v) is 5.46. The lowest BCUT2D eigenvalue weighted by molar-refractivity contribution is -0.135. The first-order valence-corrected chi connectivity index (χ1v) is 7.10. The molecule has 1 heterocycles. The Balaban J connectivity index is 2.78. The van der Waals surface area contributed by atoms with Crippen LogP contribution in [0.1, 0.15) is 66.7 Å². The molecule has 0 spiro atoms. The van der Waals surface area contributed by atoms with E-state index in [2.05, 4.69) is 37.9 Å². The van der Waals surface area contributed by atoms with Gasteiger partial charge in [0.1, 0.15) is 0 Å². The van der Waals surface area contributed by atoms with E-state index in [-0.39, 0.29) is 17.6 Å². The van der Waals surface area contributed by atoms with Crippen LogP contribution in [0, 0.1) is 0 Å². The molecule has 0 aliphatic carbocycles. The number of unbranched alkanes of at least 4 members (excludes halogenated alkanes) is 1. The van der Waals surface area contributed by atoms with Crippen LogP contribution in [0.4, 0.5) is 0 Å². The molecule has 0 radical (unpaired) electrons. The molecule has 3 heteroatoms. The van der Waals surface area contributed by atoms with Gasteiger partial charge in [-0.1, -0.05) is 33.6 Å². The molecule has 1 aliphatic heterocycles. The second kappa shape index (κ2) is 5.85. The SMILES string of the molecule is CCCCC(C)N1C(=O)C(C)(CC)NC1CC. The maximum atomic E-state index is 12.5. The average molecular weight is 240 g/mol. The number of hydrogen-bond donors (Lipinski definition) is 1. The van der Waals surface area contributed by atoms with Gasteiger partial charge in [-0.15, -0.1) is 0 Å². The highest BCUT2D eigenvalue weighted by Crippen LogP contribution is 2.28. The van der Waals surface area contributed by atoms with Crippen LogP contribution in [-0.2, 0) is 4.79 Å². The number of amides is 1. The normalized spacial score (nSPS) is 31.0. The molecule has 0 saturated carbocycles. The topological polar surface area (TPSA) is 32.3 Å². The molecule has 0 aromatic carbocycles. The Bertz CT molecular complexity index is 267. The predicted octanol–water partition coefficient (Wildman–Crippen LogP) is 2.90. The van der Waals surface area contributed by atoms with Crippen molar-refractivity contribution in [3.8, 4) is 0 Å². The Morgan fingerprint density at radius 2 is 2.06 bits per heavy atom. The van der Waals surface area contributed by atoms with Gasteiger partial charge >= 0.3 is 0 Å². The lowest BCUT2D eigenvalue weighted by atomic mass is 9.98. The largest absolute Gasteiger partial charge is 0.323 e. The van der Waals surface area contributed by atoms with Gasteiger partial charge in [-0.25, -0.2) is 0 Å². The molecule has 3 atom stereocenters. The van der Waals surface area contributed by atoms with Crippen molar-refractivity contribution >= 4 is 5.91 Å². The van der Waals surface area contributed by atoms with Crippen molar-refractivity contribution in [2.45, 2.75) is 84.5 Å². The van der Waals surface area contributed by atoms with Gasteiger partial charge in [0, 0.05) is 6.04 Å². The highest BCUT2D eigenvalue weighted by atomic mass is 16.2. The van der Waals surface area contributed by atoms with Crippen LogP contribution in [0.25, 0.3) is 0 Å². The lowest BCUT2D eigenvalue weighted by Crippen LogP contribution is -2.44. The highest BCUT2D eigenvalue weighted by molar-refractivity contribution is 5.88. The molecular weight excluding hydrogens is 212 g/mol. The quantitative estimate of drug-likeness (QED) is 0.774. The van der Waals surface area contributed by atoms with Crippen molar-refractivity contribution in [1.29, 1.82) is 0 Å². The highest BCUT2D eigenvalue weighted by Gasteiger charge is 2.47. The minimum atomic E-state index is -0.346. The molecule has 1 fully saturated rings. The Morgan fingerprint density at radius 3 is 2.53 bits per heavy atom. The maximum absolute atomic E-state index is 12.5. The van der Waals surface area contributed by atoms with E-state index in [9.17, 15) is 4.79 Å². The van der Waals surface area contributed by atoms with Crippen LogP contribution >= 0.6 is 0 Å². The van der Waals surface area contributed by atoms with Crippen molar-refractivity contribution in [1.82, 2.24) is 10.2 Å². The van der Waals surface area contributed by atoms with E-state index in [4.69, 9.17) is 0 Å². The molecule has 1 amide bonds. The number of nitrogens with one attached hydrogen (secondary N) is 1. The van der Waals surface area contributed by atoms with Crippen LogP contribution in [0.2, 0.25) is 0 Å². The summed E-state index contributed by atoms with van der Waals surface area (Å²) in [7, 11) is 0. The summed E-state index contributed by atoms with van der Waals surface area (Å²) in [5.41, 5.74) is -0.346. The van der Waals surface area contributed by atoms with E-state index < -0.39 is 0 Å². The number of carbonyl (C=O) groups is 1. The first-order valence-electron chi connectivity index (χ1n) is 7.10. The molecule has 1 N–H and O–H groups in total. The fraction of sp³-hybridized carbons (Fsp3) is 0.929. The third-order valence-electron chi connectivity index (χ3n) is 4.07. The summed E-state index contributed by atoms with van der Waals surface area (Å²) in [5, 5.41) is 3.50. The summed E-state index contributed by atoms with van der Waals surface area (Å²) in [6.07, 6.45) is 5.57. The third-order valence-corrected chi connectivity index (χ3v) is 4.07. The Hall–Kier alpha value is -0.570. The zero-order valence-electron chi connectivity index (χ0n) is 12.0. The van der Waals surface area contributed by atoms with Crippen LogP contribution in [0.15, 0.2) is 0 Å². The van der Waals surface area contributed by atoms with Gasteiger partial charge in [0.25, 0.3) is 0 Å². The molecule has 1 rings (SSSR count). The predicted molar refractivity (Wildman–Crippen MR) is 71.7 cm³/mol. The molecule has 0 bridgehead atoms. The standard InChI is InChI=1S/C14H28N2O/c1-6-9-10-11(4)16-12(7-2)15-14(5,8-3)13(16)17/h11-12,15H,6-10H2,1-5H3. The third kappa shape index (κ3) is 2.82. The molecule has 3 nitrogen and oxygen atoms in total. The van der Waals surface area contributed by atoms with Crippen LogP contribution in [0.5, 0.6) is 0 Å². The molecule has 1 aliphatic rings. The van der Waals surface area contributed by atoms with Crippen molar-refractivity contribution < 1.29 is 4.79 Å². The fourth-order valence-electron chi connectivity index (χ4n) is 2.62. The van der Waals surface area contributed by atoms with Gasteiger partial charge in [0.05, 0.1) is 11.7 Å². The van der Waals surface area contributed by atoms with Crippen molar-refractivity contribution in [2.75, 3.05) is 0 Å². The summed E-state index contributed by atoms with van der Waals surface area (Å²) in [4.78, 5) is 14.6. The van der Waals surface area contributed by atoms with Gasteiger partial charge < -0.3 is 4.90 Å². The van der Waals surface area contributed by atoms with Crippen LogP contribution in [-0.4, -0.2) is 28.6 Å². The summed E-state index contributed by atoms with van der Waals surface area (Å²) in [6.45, 7) is 10.6. The molecule has 17 heavy (non-hydrogen) atoms. The van der Waals surface area contributed by atoms with E-state index in [0.717, 1.165) is 19.3 Å². The zero-order valence-corrected chi connectivity index (χ0v) is 12.0. The number of nitrogens with zero attached hydrogens (tertiary/aromatic N) is 1. The molecule has 0 aromatic heterocycles. The van der Waals surface area contributed by atoms with Gasteiger partial charge in [-0.05, 0) is 33.1 Å². The van der Waals surface area contributed by atoms with Gasteiger partial charge in [0.15, 0.2) is 0 Å². The zero-order chi connectivity index (χ0) is 13.1. The van der Waals surface area contributed by atoms with Crippen LogP contribution < -0.4 is 5.32 Å². The molecule has 3 unspecified atom stereocenters. The Kier molecular flexibility index (Phi) is 4.99. The van der Waals surface area contributed by atoms with E-state index in [1.165, 1.54) is 12.8 Å². The van der Waals surface area contributed by atoms with Crippen LogP contribution in [0.3, 0.4) is 0 Å². The number of carbonyl (C=O) groups excluding carboxylic acids is 1. The monoisotopic (exact) mass is 240 g/mol. The van der Waals surface area contributed by atoms with Crippen molar-refractivity contribution in [2.24, 2.45) is 0 Å². The lowest BCUT2D eigenvalue weighted by Gasteiger charge is -2.30. The maximum Gasteiger partial charge on any atom is 0.244 e. The second-order valence-electron chi connectivity index (χ2n) is 5.46. The van der Waals surface area contributed by atoms with Gasteiger partial charge in [-0.2, -0.15) is 0 Å². The minimum Gasteiger partial charge on any atom is -0.323 e. The van der Waals surface area contributed by atoms with Gasteiger partial charge in [-0.3, -0.25) is 10.1 Å². The average Bonchev–Trinajstić information content (AvgIpc) is 2.59. The smallest absolute Gasteiger partial charge is 0.244 e. The van der Waals surface area contributed by atoms with Crippen molar-refractivity contribution in [3.63, 3.8) is 0 Å². The van der Waals surface area contributed by atoms with Crippen molar-refractivity contribution in [3.05, 3.63) is 0 Å². The number of hydrogen-bond acceptors (Lipinski definition) is 2. The fourth-order valence-corrected chi connectivity index (χ4v) is 2.62. The Morgan fingerprint density at radius 1 is 1.41 bits per heavy atom. The molecular formula is C14H28N2O. The minimum absolute atomic E-state index is 0.222. The molecule has 100 valence electrons. The van der Waals surface area contributed by atoms with E-state index in [1.807, 2.05) is 6.92 Å². The first kappa shape index (κ1) is 14.5. The first-order chi connectivity index (χ1) is 8.00. The number of rotatable bonds is 6. The van der Waals surface area contributed by atoms with E-state index in [1.54, 1.807) is 0 Å². The summed E-state index contributed by atoms with van der Waals surface area (Å²) in [6, 6.07) is 0.355.